The van der Waals surface area contributed by atoms with Crippen LogP contribution in [0.5, 0.6) is 5.75 Å². The van der Waals surface area contributed by atoms with Crippen LogP contribution in [0.25, 0.3) is 0 Å². The minimum Gasteiger partial charge on any atom is -0.491 e. The number of sulfonamides is 1. The number of anilines is 1. The predicted octanol–water partition coefficient (Wildman–Crippen LogP) is 2.85. The van der Waals surface area contributed by atoms with E-state index in [4.69, 9.17) is 9.47 Å². The van der Waals surface area contributed by atoms with Crippen molar-refractivity contribution in [3.63, 3.8) is 0 Å². The molecule has 1 aromatic heterocycles. The molecule has 10 heteroatoms. The number of pyridine rings is 1. The Morgan fingerprint density at radius 2 is 2.00 bits per heavy atom. The molecule has 0 unspecified atom stereocenters. The highest BCUT2D eigenvalue weighted by atomic mass is 32.2. The second-order valence-corrected chi connectivity index (χ2v) is 11.1. The van der Waals surface area contributed by atoms with Crippen LogP contribution in [0.3, 0.4) is 0 Å². The van der Waals surface area contributed by atoms with Gasteiger partial charge < -0.3 is 14.4 Å². The molecular formula is C25H36N4O5S. The monoisotopic (exact) mass is 504 g/mol. The molecule has 0 saturated carbocycles. The lowest BCUT2D eigenvalue weighted by molar-refractivity contribution is 0.00920. The average molecular weight is 505 g/mol. The summed E-state index contributed by atoms with van der Waals surface area (Å²) >= 11 is 0. The molecule has 0 bridgehead atoms. The summed E-state index contributed by atoms with van der Waals surface area (Å²) in [5.41, 5.74) is 1.83. The number of carbonyl (C=O) groups excluding carboxylic acids is 1. The third-order valence-corrected chi connectivity index (χ3v) is 7.64. The molecule has 192 valence electrons. The van der Waals surface area contributed by atoms with Crippen LogP contribution in [-0.4, -0.2) is 80.9 Å². The summed E-state index contributed by atoms with van der Waals surface area (Å²) < 4.78 is 38.6. The summed E-state index contributed by atoms with van der Waals surface area (Å²) in [5.74, 6) is 0.233. The molecule has 1 aliphatic heterocycles. The highest BCUT2D eigenvalue weighted by Gasteiger charge is 2.28. The van der Waals surface area contributed by atoms with E-state index in [1.807, 2.05) is 18.3 Å². The van der Waals surface area contributed by atoms with E-state index < -0.39 is 10.0 Å². The first-order valence-corrected chi connectivity index (χ1v) is 13.5. The van der Waals surface area contributed by atoms with Gasteiger partial charge in [-0.05, 0) is 43.5 Å². The summed E-state index contributed by atoms with van der Waals surface area (Å²) in [6.07, 6.45) is 3.45. The number of likely N-dealkylation sites (N-methyl/N-ethyl adjacent to an activating group) is 1. The van der Waals surface area contributed by atoms with Gasteiger partial charge in [-0.1, -0.05) is 13.0 Å². The number of amides is 1. The van der Waals surface area contributed by atoms with Crippen LogP contribution in [0.4, 0.5) is 5.69 Å². The van der Waals surface area contributed by atoms with Gasteiger partial charge in [0.1, 0.15) is 12.4 Å². The number of ether oxygens (including phenoxy) is 2. The minimum atomic E-state index is -3.47. The molecule has 1 aliphatic rings. The molecule has 0 fully saturated rings. The topological polar surface area (TPSA) is 101 Å². The maximum atomic E-state index is 13.3. The van der Waals surface area contributed by atoms with Crippen LogP contribution in [0.1, 0.15) is 36.7 Å². The molecule has 3 atom stereocenters. The Bertz CT molecular complexity index is 1100. The summed E-state index contributed by atoms with van der Waals surface area (Å²) in [4.78, 5) is 21.5. The molecule has 2 heterocycles. The van der Waals surface area contributed by atoms with Crippen LogP contribution in [0, 0.1) is 5.92 Å². The molecule has 35 heavy (non-hydrogen) atoms. The van der Waals surface area contributed by atoms with Crippen molar-refractivity contribution < 1.29 is 22.7 Å². The van der Waals surface area contributed by atoms with Crippen molar-refractivity contribution in [2.24, 2.45) is 5.92 Å². The third-order valence-electron chi connectivity index (χ3n) is 6.34. The number of carbonyl (C=O) groups is 1. The number of rotatable bonds is 6. The summed E-state index contributed by atoms with van der Waals surface area (Å²) in [5, 5.41) is 0. The fourth-order valence-electron chi connectivity index (χ4n) is 4.11. The number of nitrogens with zero attached hydrogens (tertiary/aromatic N) is 3. The van der Waals surface area contributed by atoms with E-state index in [1.165, 1.54) is 0 Å². The first-order chi connectivity index (χ1) is 16.6. The molecular weight excluding hydrogens is 468 g/mol. The Balaban J connectivity index is 1.96. The van der Waals surface area contributed by atoms with E-state index >= 15 is 0 Å². The van der Waals surface area contributed by atoms with E-state index in [0.29, 0.717) is 36.7 Å². The molecule has 0 radical (unpaired) electrons. The maximum Gasteiger partial charge on any atom is 0.257 e. The predicted molar refractivity (Wildman–Crippen MR) is 136 cm³/mol. The van der Waals surface area contributed by atoms with Crippen LogP contribution in [-0.2, 0) is 21.3 Å². The molecule has 2 aromatic rings. The Morgan fingerprint density at radius 1 is 1.23 bits per heavy atom. The zero-order valence-electron chi connectivity index (χ0n) is 21.1. The lowest BCUT2D eigenvalue weighted by Gasteiger charge is -2.36. The largest absolute Gasteiger partial charge is 0.491 e. The number of hydrogen-bond acceptors (Lipinski definition) is 7. The number of nitrogens with one attached hydrogen (secondary N) is 1. The second-order valence-electron chi connectivity index (χ2n) is 9.10. The number of methoxy groups -OCH3 is 1. The van der Waals surface area contributed by atoms with E-state index in [9.17, 15) is 13.2 Å². The first kappa shape index (κ1) is 26.9. The standard InChI is InChI=1S/C25H36N4O5S/c1-6-35(31,32)27-21-9-10-22-23(12-21)34-17-19(3)29(15-20-8-7-11-26-13-20)14-18(2)24(33-5)16-28(4)25(22)30/h7-13,18-19,24,27H,6,14-17H2,1-5H3/t18-,19-,24-/m1/s1. The van der Waals surface area contributed by atoms with Crippen LogP contribution in [0.15, 0.2) is 42.7 Å². The van der Waals surface area contributed by atoms with Gasteiger partial charge in [-0.15, -0.1) is 0 Å². The highest BCUT2D eigenvalue weighted by molar-refractivity contribution is 7.92. The molecule has 1 aromatic carbocycles. The molecule has 3 rings (SSSR count). The lowest BCUT2D eigenvalue weighted by Crippen LogP contribution is -2.46. The van der Waals surface area contributed by atoms with Crippen LogP contribution < -0.4 is 9.46 Å². The molecule has 0 aliphatic carbocycles. The summed E-state index contributed by atoms with van der Waals surface area (Å²) in [6.45, 7) is 7.93. The van der Waals surface area contributed by atoms with Crippen molar-refractivity contribution in [1.29, 1.82) is 0 Å². The Labute approximate surface area is 208 Å². The van der Waals surface area contributed by atoms with Gasteiger partial charge in [-0.25, -0.2) is 8.42 Å². The van der Waals surface area contributed by atoms with E-state index in [0.717, 1.165) is 12.1 Å². The van der Waals surface area contributed by atoms with Gasteiger partial charge in [0.2, 0.25) is 10.0 Å². The number of aromatic nitrogens is 1. The highest BCUT2D eigenvalue weighted by Crippen LogP contribution is 2.27. The zero-order valence-corrected chi connectivity index (χ0v) is 21.9. The number of hydrogen-bond donors (Lipinski definition) is 1. The average Bonchev–Trinajstić information content (AvgIpc) is 2.84. The van der Waals surface area contributed by atoms with Crippen LogP contribution in [0.2, 0.25) is 0 Å². The fraction of sp³-hybridized carbons (Fsp3) is 0.520. The van der Waals surface area contributed by atoms with Crippen molar-refractivity contribution in [3.8, 4) is 5.75 Å². The first-order valence-electron chi connectivity index (χ1n) is 11.8. The van der Waals surface area contributed by atoms with Gasteiger partial charge in [0.15, 0.2) is 0 Å². The Kier molecular flexibility index (Phi) is 9.09. The van der Waals surface area contributed by atoms with Crippen molar-refractivity contribution in [3.05, 3.63) is 53.9 Å². The number of fused-ring (bicyclic) bond motifs is 1. The molecule has 9 nitrogen and oxygen atoms in total. The van der Waals surface area contributed by atoms with E-state index in [2.05, 4.69) is 28.5 Å². The van der Waals surface area contributed by atoms with Gasteiger partial charge in [-0.2, -0.15) is 0 Å². The Morgan fingerprint density at radius 3 is 2.66 bits per heavy atom. The van der Waals surface area contributed by atoms with Crippen molar-refractivity contribution in [2.75, 3.05) is 44.3 Å². The third kappa shape index (κ3) is 7.16. The second kappa shape index (κ2) is 11.8. The SMILES string of the molecule is CCS(=O)(=O)Nc1ccc2c(c1)OC[C@@H](C)N(Cc1cccnc1)C[C@@H](C)[C@H](OC)CN(C)C2=O. The van der Waals surface area contributed by atoms with E-state index in [-0.39, 0.29) is 29.7 Å². The number of benzene rings is 1. The van der Waals surface area contributed by atoms with Crippen molar-refractivity contribution >= 4 is 21.6 Å². The van der Waals surface area contributed by atoms with Gasteiger partial charge in [0.05, 0.1) is 23.1 Å². The smallest absolute Gasteiger partial charge is 0.257 e. The lowest BCUT2D eigenvalue weighted by atomic mass is 10.0. The summed E-state index contributed by atoms with van der Waals surface area (Å²) in [7, 11) is -0.0594. The van der Waals surface area contributed by atoms with E-state index in [1.54, 1.807) is 50.4 Å². The zero-order chi connectivity index (χ0) is 25.6. The van der Waals surface area contributed by atoms with Gasteiger partial charge in [0, 0.05) is 58.3 Å². The molecule has 1 N–H and O–H groups in total. The maximum absolute atomic E-state index is 13.3. The van der Waals surface area contributed by atoms with Crippen molar-refractivity contribution in [2.45, 2.75) is 39.5 Å². The quantitative estimate of drug-likeness (QED) is 0.646. The molecule has 0 spiro atoms. The van der Waals surface area contributed by atoms with Gasteiger partial charge in [0.25, 0.3) is 5.91 Å². The van der Waals surface area contributed by atoms with Gasteiger partial charge >= 0.3 is 0 Å². The molecule has 0 saturated heterocycles. The summed E-state index contributed by atoms with van der Waals surface area (Å²) in [6, 6.07) is 8.74. The minimum absolute atomic E-state index is 0.00580. The van der Waals surface area contributed by atoms with Crippen molar-refractivity contribution in [1.82, 2.24) is 14.8 Å². The normalized spacial score (nSPS) is 22.5. The van der Waals surface area contributed by atoms with Gasteiger partial charge in [-0.3, -0.25) is 19.4 Å². The molecule has 1 amide bonds. The van der Waals surface area contributed by atoms with Crippen LogP contribution >= 0.6 is 0 Å². The Hall–Kier alpha value is -2.69. The fourth-order valence-corrected chi connectivity index (χ4v) is 4.74.